The van der Waals surface area contributed by atoms with Gasteiger partial charge < -0.3 is 19.9 Å². The number of nitrogens with one attached hydrogen (secondary N) is 2. The van der Waals surface area contributed by atoms with Crippen molar-refractivity contribution in [1.82, 2.24) is 20.7 Å². The second-order valence-electron chi connectivity index (χ2n) is 5.86. The van der Waals surface area contributed by atoms with Crippen LogP contribution in [0.1, 0.15) is 5.69 Å². The first-order chi connectivity index (χ1) is 12.3. The minimum absolute atomic E-state index is 0. The van der Waals surface area contributed by atoms with Crippen LogP contribution in [-0.4, -0.2) is 62.5 Å². The molecule has 0 spiro atoms. The predicted molar refractivity (Wildman–Crippen MR) is 113 cm³/mol. The Morgan fingerprint density at radius 3 is 2.69 bits per heavy atom. The van der Waals surface area contributed by atoms with Gasteiger partial charge in [0.15, 0.2) is 11.7 Å². The molecule has 0 atom stereocenters. The zero-order valence-corrected chi connectivity index (χ0v) is 17.3. The Balaban J connectivity index is 0.00000243. The minimum atomic E-state index is 0. The van der Waals surface area contributed by atoms with Gasteiger partial charge in [0.2, 0.25) is 0 Å². The van der Waals surface area contributed by atoms with Gasteiger partial charge in [-0.15, -0.1) is 24.0 Å². The standard InChI is InChI=1S/C18H25N5O2.HI/c1-19-18(20-7-8-23-9-11-24-12-10-23)21-14-16-13-17(25-22-16)15-5-3-2-4-6-15;/h2-6,13H,7-12,14H2,1H3,(H2,19,20,21);1H. The van der Waals surface area contributed by atoms with Gasteiger partial charge in [0.1, 0.15) is 5.69 Å². The molecule has 1 saturated heterocycles. The molecule has 2 N–H and O–H groups in total. The summed E-state index contributed by atoms with van der Waals surface area (Å²) in [6.45, 7) is 6.02. The second kappa shape index (κ2) is 11.1. The molecular weight excluding hydrogens is 445 g/mol. The molecule has 1 fully saturated rings. The SMILES string of the molecule is CN=C(NCCN1CCOCC1)NCc1cc(-c2ccccc2)on1.I. The van der Waals surface area contributed by atoms with Crippen molar-refractivity contribution < 1.29 is 9.26 Å². The molecule has 142 valence electrons. The molecule has 1 aliphatic heterocycles. The van der Waals surface area contributed by atoms with Gasteiger partial charge in [-0.3, -0.25) is 9.89 Å². The molecule has 0 bridgehead atoms. The maximum absolute atomic E-state index is 5.41. The zero-order chi connectivity index (χ0) is 17.3. The third-order valence-corrected chi connectivity index (χ3v) is 4.10. The van der Waals surface area contributed by atoms with Crippen LogP contribution in [0.15, 0.2) is 45.9 Å². The number of benzene rings is 1. The Labute approximate surface area is 171 Å². The molecule has 0 unspecified atom stereocenters. The lowest BCUT2D eigenvalue weighted by Gasteiger charge is -2.26. The van der Waals surface area contributed by atoms with Crippen molar-refractivity contribution in [3.63, 3.8) is 0 Å². The molecule has 0 radical (unpaired) electrons. The highest BCUT2D eigenvalue weighted by molar-refractivity contribution is 14.0. The number of morpholine rings is 1. The lowest BCUT2D eigenvalue weighted by molar-refractivity contribution is 0.0389. The van der Waals surface area contributed by atoms with E-state index in [1.54, 1.807) is 7.05 Å². The van der Waals surface area contributed by atoms with Crippen LogP contribution in [0.3, 0.4) is 0 Å². The average Bonchev–Trinajstić information content (AvgIpc) is 3.15. The molecule has 2 heterocycles. The number of guanidine groups is 1. The molecule has 0 amide bonds. The van der Waals surface area contributed by atoms with Crippen molar-refractivity contribution in [2.45, 2.75) is 6.54 Å². The Morgan fingerprint density at radius 1 is 1.19 bits per heavy atom. The van der Waals surface area contributed by atoms with Gasteiger partial charge in [-0.1, -0.05) is 35.5 Å². The van der Waals surface area contributed by atoms with E-state index in [0.29, 0.717) is 6.54 Å². The summed E-state index contributed by atoms with van der Waals surface area (Å²) >= 11 is 0. The minimum Gasteiger partial charge on any atom is -0.379 e. The van der Waals surface area contributed by atoms with Crippen molar-refractivity contribution in [1.29, 1.82) is 0 Å². The molecule has 1 aromatic heterocycles. The van der Waals surface area contributed by atoms with Crippen LogP contribution in [0.5, 0.6) is 0 Å². The first kappa shape index (κ1) is 20.7. The van der Waals surface area contributed by atoms with Crippen LogP contribution in [0.25, 0.3) is 11.3 Å². The summed E-state index contributed by atoms with van der Waals surface area (Å²) in [5.74, 6) is 1.53. The molecular formula is C18H26IN5O2. The molecule has 1 aliphatic rings. The first-order valence-electron chi connectivity index (χ1n) is 8.61. The Bertz CT molecular complexity index is 671. The molecule has 1 aromatic carbocycles. The Morgan fingerprint density at radius 2 is 1.96 bits per heavy atom. The van der Waals surface area contributed by atoms with Gasteiger partial charge in [-0.25, -0.2) is 0 Å². The topological polar surface area (TPSA) is 74.9 Å². The van der Waals surface area contributed by atoms with Crippen LogP contribution in [0.4, 0.5) is 0 Å². The van der Waals surface area contributed by atoms with E-state index in [-0.39, 0.29) is 24.0 Å². The van der Waals surface area contributed by atoms with Crippen molar-refractivity contribution in [2.24, 2.45) is 4.99 Å². The first-order valence-corrected chi connectivity index (χ1v) is 8.61. The fourth-order valence-electron chi connectivity index (χ4n) is 2.69. The van der Waals surface area contributed by atoms with E-state index in [2.05, 4.69) is 25.7 Å². The van der Waals surface area contributed by atoms with Crippen LogP contribution in [-0.2, 0) is 11.3 Å². The smallest absolute Gasteiger partial charge is 0.191 e. The number of rotatable bonds is 6. The predicted octanol–water partition coefficient (Wildman–Crippen LogP) is 1.96. The van der Waals surface area contributed by atoms with Gasteiger partial charge in [0.05, 0.1) is 19.8 Å². The van der Waals surface area contributed by atoms with Crippen molar-refractivity contribution in [2.75, 3.05) is 46.4 Å². The number of ether oxygens (including phenoxy) is 1. The monoisotopic (exact) mass is 471 g/mol. The summed E-state index contributed by atoms with van der Waals surface area (Å²) < 4.78 is 10.8. The quantitative estimate of drug-likeness (QED) is 0.381. The summed E-state index contributed by atoms with van der Waals surface area (Å²) in [7, 11) is 1.77. The number of nitrogens with zero attached hydrogens (tertiary/aromatic N) is 3. The normalized spacial score (nSPS) is 15.3. The van der Waals surface area contributed by atoms with E-state index in [4.69, 9.17) is 9.26 Å². The summed E-state index contributed by atoms with van der Waals surface area (Å²) in [6.07, 6.45) is 0. The van der Waals surface area contributed by atoms with E-state index in [9.17, 15) is 0 Å². The molecule has 7 nitrogen and oxygen atoms in total. The van der Waals surface area contributed by atoms with E-state index in [1.165, 1.54) is 0 Å². The highest BCUT2D eigenvalue weighted by Gasteiger charge is 2.10. The van der Waals surface area contributed by atoms with E-state index < -0.39 is 0 Å². The van der Waals surface area contributed by atoms with Crippen molar-refractivity contribution in [3.8, 4) is 11.3 Å². The van der Waals surface area contributed by atoms with Gasteiger partial charge in [-0.05, 0) is 0 Å². The van der Waals surface area contributed by atoms with Crippen LogP contribution >= 0.6 is 24.0 Å². The highest BCUT2D eigenvalue weighted by atomic mass is 127. The molecule has 8 heteroatoms. The van der Waals surface area contributed by atoms with Gasteiger partial charge in [-0.2, -0.15) is 0 Å². The zero-order valence-electron chi connectivity index (χ0n) is 15.0. The van der Waals surface area contributed by atoms with Crippen molar-refractivity contribution in [3.05, 3.63) is 42.1 Å². The highest BCUT2D eigenvalue weighted by Crippen LogP contribution is 2.19. The number of halogens is 1. The number of hydrogen-bond acceptors (Lipinski definition) is 5. The van der Waals surface area contributed by atoms with Gasteiger partial charge >= 0.3 is 0 Å². The second-order valence-corrected chi connectivity index (χ2v) is 5.86. The Hall–Kier alpha value is -1.65. The summed E-state index contributed by atoms with van der Waals surface area (Å²) in [6, 6.07) is 11.9. The van der Waals surface area contributed by atoms with Crippen molar-refractivity contribution >= 4 is 29.9 Å². The van der Waals surface area contributed by atoms with Gasteiger partial charge in [0.25, 0.3) is 0 Å². The Kier molecular flexibility index (Phi) is 8.86. The molecule has 0 aliphatic carbocycles. The number of aliphatic imine (C=N–C) groups is 1. The van der Waals surface area contributed by atoms with Gasteiger partial charge in [0, 0.05) is 44.9 Å². The molecule has 3 rings (SSSR count). The summed E-state index contributed by atoms with van der Waals surface area (Å²) in [5, 5.41) is 10.7. The third-order valence-electron chi connectivity index (χ3n) is 4.10. The maximum Gasteiger partial charge on any atom is 0.191 e. The lowest BCUT2D eigenvalue weighted by Crippen LogP contribution is -2.44. The molecule has 2 aromatic rings. The van der Waals surface area contributed by atoms with E-state index in [0.717, 1.165) is 62.4 Å². The molecule has 0 saturated carbocycles. The number of hydrogen-bond donors (Lipinski definition) is 2. The van der Waals surface area contributed by atoms with E-state index in [1.807, 2.05) is 36.4 Å². The summed E-state index contributed by atoms with van der Waals surface area (Å²) in [4.78, 5) is 6.63. The average molecular weight is 471 g/mol. The largest absolute Gasteiger partial charge is 0.379 e. The van der Waals surface area contributed by atoms with E-state index >= 15 is 0 Å². The summed E-state index contributed by atoms with van der Waals surface area (Å²) in [5.41, 5.74) is 1.87. The maximum atomic E-state index is 5.41. The van der Waals surface area contributed by atoms with Crippen LogP contribution < -0.4 is 10.6 Å². The fraction of sp³-hybridized carbons (Fsp3) is 0.444. The van der Waals surface area contributed by atoms with Crippen LogP contribution in [0, 0.1) is 0 Å². The fourth-order valence-corrected chi connectivity index (χ4v) is 2.69. The number of aromatic nitrogens is 1. The molecule has 26 heavy (non-hydrogen) atoms. The van der Waals surface area contributed by atoms with Crippen LogP contribution in [0.2, 0.25) is 0 Å². The third kappa shape index (κ3) is 6.26. The lowest BCUT2D eigenvalue weighted by atomic mass is 10.2.